The van der Waals surface area contributed by atoms with E-state index in [-0.39, 0.29) is 12.3 Å². The van der Waals surface area contributed by atoms with Crippen LogP contribution < -0.4 is 0 Å². The molecule has 0 radical (unpaired) electrons. The fourth-order valence-corrected chi connectivity index (χ4v) is 4.89. The summed E-state index contributed by atoms with van der Waals surface area (Å²) < 4.78 is 24.1. The van der Waals surface area contributed by atoms with E-state index < -0.39 is 36.0 Å². The highest BCUT2D eigenvalue weighted by Crippen LogP contribution is 2.41. The lowest BCUT2D eigenvalue weighted by molar-refractivity contribution is -0.207. The van der Waals surface area contributed by atoms with Gasteiger partial charge in [-0.25, -0.2) is 0 Å². The topological polar surface area (TPSA) is 89.7 Å². The van der Waals surface area contributed by atoms with Crippen molar-refractivity contribution in [2.75, 3.05) is 6.61 Å². The van der Waals surface area contributed by atoms with Crippen molar-refractivity contribution in [2.24, 2.45) is 5.16 Å². The highest BCUT2D eigenvalue weighted by molar-refractivity contribution is 5.90. The number of fused-ring (bicyclic) bond motifs is 1. The van der Waals surface area contributed by atoms with Crippen molar-refractivity contribution < 1.29 is 29.3 Å². The third-order valence-electron chi connectivity index (χ3n) is 6.45. The Kier molecular flexibility index (Phi) is 6.44. The lowest BCUT2D eigenvalue weighted by atomic mass is 9.80. The first kappa shape index (κ1) is 23.7. The van der Waals surface area contributed by atoms with Crippen LogP contribution in [0.25, 0.3) is 0 Å². The molecule has 2 saturated heterocycles. The van der Waals surface area contributed by atoms with Gasteiger partial charge in [0.1, 0.15) is 29.6 Å². The third-order valence-corrected chi connectivity index (χ3v) is 6.45. The van der Waals surface area contributed by atoms with Crippen LogP contribution in [-0.2, 0) is 24.5 Å². The lowest BCUT2D eigenvalue weighted by Crippen LogP contribution is -2.42. The number of aliphatic hydroxyl groups excluding tert-OH is 1. The van der Waals surface area contributed by atoms with Gasteiger partial charge in [0.2, 0.25) is 0 Å². The van der Waals surface area contributed by atoms with Crippen molar-refractivity contribution in [1.82, 2.24) is 0 Å². The summed E-state index contributed by atoms with van der Waals surface area (Å²) in [5, 5.41) is 24.3. The van der Waals surface area contributed by atoms with Gasteiger partial charge in [-0.3, -0.25) is 0 Å². The highest BCUT2D eigenvalue weighted by Gasteiger charge is 2.56. The van der Waals surface area contributed by atoms with Crippen LogP contribution in [0.5, 0.6) is 0 Å². The Morgan fingerprint density at radius 1 is 0.857 bits per heavy atom. The molecule has 2 aliphatic heterocycles. The molecule has 0 aromatic heterocycles. The zero-order valence-electron chi connectivity index (χ0n) is 19.7. The Balaban J connectivity index is 1.50. The van der Waals surface area contributed by atoms with E-state index in [2.05, 4.69) is 5.16 Å². The summed E-state index contributed by atoms with van der Waals surface area (Å²) >= 11 is 0. The number of oxime groups is 1. The van der Waals surface area contributed by atoms with Crippen LogP contribution in [0.1, 0.15) is 30.5 Å². The van der Waals surface area contributed by atoms with Gasteiger partial charge >= 0.3 is 0 Å². The average Bonchev–Trinajstić information content (AvgIpc) is 3.35. The van der Waals surface area contributed by atoms with E-state index in [0.717, 1.165) is 16.7 Å². The second-order valence-corrected chi connectivity index (χ2v) is 9.18. The molecule has 35 heavy (non-hydrogen) atoms. The lowest BCUT2D eigenvalue weighted by Gasteiger charge is -2.36. The minimum atomic E-state index is -1.07. The molecule has 0 spiro atoms. The van der Waals surface area contributed by atoms with Crippen LogP contribution in [0.4, 0.5) is 0 Å². The first-order valence-electron chi connectivity index (χ1n) is 11.6. The van der Waals surface area contributed by atoms with E-state index in [1.54, 1.807) is 13.8 Å². The van der Waals surface area contributed by atoms with Crippen LogP contribution in [-0.4, -0.2) is 53.0 Å². The monoisotopic (exact) mass is 475 g/mol. The van der Waals surface area contributed by atoms with E-state index in [4.69, 9.17) is 18.9 Å². The summed E-state index contributed by atoms with van der Waals surface area (Å²) in [6, 6.07) is 29.6. The predicted molar refractivity (Wildman–Crippen MR) is 129 cm³/mol. The Morgan fingerprint density at radius 2 is 1.34 bits per heavy atom. The fraction of sp³-hybridized carbons (Fsp3) is 0.321. The second-order valence-electron chi connectivity index (χ2n) is 9.18. The van der Waals surface area contributed by atoms with Crippen LogP contribution in [0, 0.1) is 0 Å². The summed E-state index contributed by atoms with van der Waals surface area (Å²) in [7, 11) is 0. The number of rotatable bonds is 7. The van der Waals surface area contributed by atoms with Crippen molar-refractivity contribution in [2.45, 2.75) is 49.8 Å². The zero-order chi connectivity index (χ0) is 24.5. The molecule has 0 aliphatic carbocycles. The maximum Gasteiger partial charge on any atom is 0.190 e. The predicted octanol–water partition coefficient (Wildman–Crippen LogP) is 4.06. The van der Waals surface area contributed by atoms with Crippen molar-refractivity contribution in [1.29, 1.82) is 0 Å². The summed E-state index contributed by atoms with van der Waals surface area (Å²) in [4.78, 5) is 0. The molecule has 2 fully saturated rings. The SMILES string of the molecule is CC1(C)OC2[C@H](O[C@@H](/C(COC(c3ccccc3)(c3ccccc3)c3ccccc3)=N/O)[C@H]2O)O1. The number of nitrogens with zero attached hydrogens (tertiary/aromatic N) is 1. The molecule has 3 aromatic rings. The molecule has 7 heteroatoms. The Bertz CT molecular complexity index is 1060. The van der Waals surface area contributed by atoms with Gasteiger partial charge in [0, 0.05) is 0 Å². The van der Waals surface area contributed by atoms with E-state index in [1.165, 1.54) is 0 Å². The molecular formula is C28H29NO6. The van der Waals surface area contributed by atoms with Gasteiger partial charge in [0.15, 0.2) is 12.1 Å². The third kappa shape index (κ3) is 4.37. The molecule has 0 saturated carbocycles. The molecule has 2 N–H and O–H groups in total. The number of benzene rings is 3. The standard InChI is InChI=1S/C28H29NO6/c1-27(2)34-25-23(30)24(33-26(25)35-27)22(29-31)18-32-28(19-12-6-3-7-13-19,20-14-8-4-9-15-20)21-16-10-5-11-17-21/h3-17,23-26,30-31H,18H2,1-2H3/b29-22+/t23-,24+,25?,26-/m1/s1. The van der Waals surface area contributed by atoms with Gasteiger partial charge in [0.05, 0.1) is 6.61 Å². The average molecular weight is 476 g/mol. The molecule has 5 rings (SSSR count). The number of ether oxygens (including phenoxy) is 4. The summed E-state index contributed by atoms with van der Waals surface area (Å²) in [6.45, 7) is 3.41. The highest BCUT2D eigenvalue weighted by atomic mass is 16.8. The van der Waals surface area contributed by atoms with Crippen LogP contribution in [0.2, 0.25) is 0 Å². The van der Waals surface area contributed by atoms with Gasteiger partial charge < -0.3 is 29.3 Å². The van der Waals surface area contributed by atoms with Crippen molar-refractivity contribution >= 4 is 5.71 Å². The summed E-state index contributed by atoms with van der Waals surface area (Å²) in [5.74, 6) is -0.864. The molecule has 0 amide bonds. The van der Waals surface area contributed by atoms with Crippen LogP contribution in [0.15, 0.2) is 96.2 Å². The maximum atomic E-state index is 10.9. The molecule has 3 aromatic carbocycles. The summed E-state index contributed by atoms with van der Waals surface area (Å²) in [6.07, 6.45) is -3.46. The van der Waals surface area contributed by atoms with Gasteiger partial charge in [-0.2, -0.15) is 0 Å². The Morgan fingerprint density at radius 3 is 1.77 bits per heavy atom. The minimum Gasteiger partial charge on any atom is -0.411 e. The first-order valence-corrected chi connectivity index (χ1v) is 11.6. The quantitative estimate of drug-likeness (QED) is 0.232. The molecule has 182 valence electrons. The number of hydrogen-bond acceptors (Lipinski definition) is 7. The van der Waals surface area contributed by atoms with E-state index >= 15 is 0 Å². The maximum absolute atomic E-state index is 10.9. The van der Waals surface area contributed by atoms with Crippen molar-refractivity contribution in [3.05, 3.63) is 108 Å². The Labute approximate surface area is 204 Å². The first-order chi connectivity index (χ1) is 16.9. The van der Waals surface area contributed by atoms with E-state index in [1.807, 2.05) is 91.0 Å². The smallest absolute Gasteiger partial charge is 0.190 e. The zero-order valence-corrected chi connectivity index (χ0v) is 19.7. The molecule has 2 heterocycles. The second kappa shape index (κ2) is 9.53. The van der Waals surface area contributed by atoms with Gasteiger partial charge in [0.25, 0.3) is 0 Å². The summed E-state index contributed by atoms with van der Waals surface area (Å²) in [5.41, 5.74) is 1.87. The fourth-order valence-electron chi connectivity index (χ4n) is 4.89. The van der Waals surface area contributed by atoms with Crippen LogP contribution in [0.3, 0.4) is 0 Å². The van der Waals surface area contributed by atoms with Crippen molar-refractivity contribution in [3.8, 4) is 0 Å². The number of hydrogen-bond donors (Lipinski definition) is 2. The van der Waals surface area contributed by atoms with E-state index in [9.17, 15) is 10.3 Å². The van der Waals surface area contributed by atoms with E-state index in [0.29, 0.717) is 0 Å². The molecule has 7 nitrogen and oxygen atoms in total. The molecule has 1 unspecified atom stereocenters. The van der Waals surface area contributed by atoms with Gasteiger partial charge in [-0.05, 0) is 30.5 Å². The number of aliphatic hydroxyl groups is 1. The normalized spacial score (nSPS) is 26.0. The Hall–Kier alpha value is -3.07. The molecule has 0 bridgehead atoms. The molecular weight excluding hydrogens is 446 g/mol. The largest absolute Gasteiger partial charge is 0.411 e. The molecule has 2 aliphatic rings. The van der Waals surface area contributed by atoms with Gasteiger partial charge in [-0.1, -0.05) is 96.2 Å². The van der Waals surface area contributed by atoms with Gasteiger partial charge in [-0.15, -0.1) is 0 Å². The molecule has 4 atom stereocenters. The van der Waals surface area contributed by atoms with Crippen molar-refractivity contribution in [3.63, 3.8) is 0 Å². The van der Waals surface area contributed by atoms with Crippen LogP contribution >= 0.6 is 0 Å². The minimum absolute atomic E-state index is 0.111.